The highest BCUT2D eigenvalue weighted by molar-refractivity contribution is 5.89. The topological polar surface area (TPSA) is 97.5 Å². The Morgan fingerprint density at radius 2 is 1.87 bits per heavy atom. The smallest absolute Gasteiger partial charge is 0.245 e. The van der Waals surface area contributed by atoms with E-state index in [1.807, 2.05) is 30.5 Å². The molecule has 8 nitrogen and oxygen atoms in total. The fourth-order valence-electron chi connectivity index (χ4n) is 4.02. The van der Waals surface area contributed by atoms with Gasteiger partial charge in [0, 0.05) is 62.7 Å². The van der Waals surface area contributed by atoms with Crippen LogP contribution < -0.4 is 10.6 Å². The number of benzene rings is 1. The predicted octanol–water partition coefficient (Wildman–Crippen LogP) is 0.638. The van der Waals surface area contributed by atoms with Gasteiger partial charge in [-0.2, -0.15) is 0 Å². The summed E-state index contributed by atoms with van der Waals surface area (Å²) in [5, 5.41) is 6.89. The van der Waals surface area contributed by atoms with Gasteiger partial charge in [-0.05, 0) is 24.5 Å². The molecule has 3 amide bonds. The number of carbonyl (C=O) groups excluding carboxylic acids is 3. The first-order chi connectivity index (χ1) is 14.5. The minimum atomic E-state index is -0.605. The fourth-order valence-corrected chi connectivity index (χ4v) is 4.02. The fraction of sp³-hybridized carbons (Fsp3) is 0.500. The number of nitrogens with zero attached hydrogens (tertiary/aromatic N) is 2. The molecule has 1 unspecified atom stereocenters. The number of piperazine rings is 1. The van der Waals surface area contributed by atoms with Crippen molar-refractivity contribution in [3.63, 3.8) is 0 Å². The Balaban J connectivity index is 1.36. The van der Waals surface area contributed by atoms with Gasteiger partial charge in [0.2, 0.25) is 17.7 Å². The Hall–Kier alpha value is -2.87. The van der Waals surface area contributed by atoms with Gasteiger partial charge in [-0.1, -0.05) is 18.2 Å². The number of amides is 3. The van der Waals surface area contributed by atoms with Crippen LogP contribution in [0.5, 0.6) is 0 Å². The zero-order valence-corrected chi connectivity index (χ0v) is 17.3. The molecule has 2 heterocycles. The number of hydrogen-bond donors (Lipinski definition) is 3. The van der Waals surface area contributed by atoms with Crippen LogP contribution in [0, 0.1) is 0 Å². The number of aromatic nitrogens is 1. The molecular weight excluding hydrogens is 382 g/mol. The molecule has 0 radical (unpaired) electrons. The molecule has 0 bridgehead atoms. The normalized spacial score (nSPS) is 18.2. The lowest BCUT2D eigenvalue weighted by atomic mass is 10.0. The second kappa shape index (κ2) is 8.87. The lowest BCUT2D eigenvalue weighted by molar-refractivity contribution is -0.137. The van der Waals surface area contributed by atoms with Crippen molar-refractivity contribution in [1.29, 1.82) is 0 Å². The summed E-state index contributed by atoms with van der Waals surface area (Å²) in [5.41, 5.74) is 2.02. The Bertz CT molecular complexity index is 928. The maximum absolute atomic E-state index is 13.2. The quantitative estimate of drug-likeness (QED) is 0.623. The van der Waals surface area contributed by atoms with Gasteiger partial charge in [0.05, 0.1) is 6.54 Å². The second-order valence-corrected chi connectivity index (χ2v) is 8.26. The molecule has 2 aromatic rings. The average molecular weight is 412 g/mol. The first-order valence-electron chi connectivity index (χ1n) is 10.6. The van der Waals surface area contributed by atoms with Crippen molar-refractivity contribution >= 4 is 28.6 Å². The van der Waals surface area contributed by atoms with E-state index in [-0.39, 0.29) is 17.7 Å². The first-order valence-corrected chi connectivity index (χ1v) is 10.6. The molecular formula is C22H29N5O3. The summed E-state index contributed by atoms with van der Waals surface area (Å²) in [5.74, 6) is -0.228. The van der Waals surface area contributed by atoms with Crippen molar-refractivity contribution in [1.82, 2.24) is 25.4 Å². The number of fused-ring (bicyclic) bond motifs is 1. The summed E-state index contributed by atoms with van der Waals surface area (Å²) in [6.45, 7) is 4.24. The summed E-state index contributed by atoms with van der Waals surface area (Å²) in [6.07, 6.45) is 4.50. The highest BCUT2D eigenvalue weighted by Gasteiger charge is 2.30. The Morgan fingerprint density at radius 1 is 1.13 bits per heavy atom. The van der Waals surface area contributed by atoms with Gasteiger partial charge in [-0.25, -0.2) is 0 Å². The van der Waals surface area contributed by atoms with Crippen LogP contribution in [0.25, 0.3) is 10.9 Å². The van der Waals surface area contributed by atoms with Crippen molar-refractivity contribution < 1.29 is 14.4 Å². The van der Waals surface area contributed by atoms with Gasteiger partial charge in [0.1, 0.15) is 6.04 Å². The molecule has 0 spiro atoms. The molecule has 1 saturated carbocycles. The molecule has 2 aliphatic rings. The van der Waals surface area contributed by atoms with Crippen molar-refractivity contribution in [2.45, 2.75) is 38.3 Å². The van der Waals surface area contributed by atoms with Crippen LogP contribution in [0.1, 0.15) is 25.3 Å². The van der Waals surface area contributed by atoms with Crippen LogP contribution in [0.3, 0.4) is 0 Å². The molecule has 8 heteroatoms. The second-order valence-electron chi connectivity index (χ2n) is 8.26. The van der Waals surface area contributed by atoms with E-state index in [1.165, 1.54) is 6.92 Å². The molecule has 1 aromatic heterocycles. The number of H-pyrrole nitrogens is 1. The number of hydrogen-bond acceptors (Lipinski definition) is 4. The van der Waals surface area contributed by atoms with E-state index in [2.05, 4.69) is 20.5 Å². The van der Waals surface area contributed by atoms with E-state index >= 15 is 0 Å². The standard InChI is InChI=1S/C22H29N5O3/c1-15(28)24-20(12-16-13-23-19-5-3-2-4-18(16)19)22(30)27-10-8-26(9-11-27)14-21(29)25-17-6-7-17/h2-5,13,17,20,23H,6-12,14H2,1H3,(H,24,28)(H,25,29). The third kappa shape index (κ3) is 4.99. The van der Waals surface area contributed by atoms with Crippen LogP contribution in [-0.4, -0.2) is 77.3 Å². The van der Waals surface area contributed by atoms with E-state index < -0.39 is 6.04 Å². The molecule has 1 saturated heterocycles. The highest BCUT2D eigenvalue weighted by Crippen LogP contribution is 2.20. The molecule has 160 valence electrons. The number of para-hydroxylation sites is 1. The first kappa shape index (κ1) is 20.4. The molecule has 2 fully saturated rings. The van der Waals surface area contributed by atoms with Crippen molar-refractivity contribution in [2.24, 2.45) is 0 Å². The molecule has 3 N–H and O–H groups in total. The van der Waals surface area contributed by atoms with E-state index in [1.54, 1.807) is 4.90 Å². The van der Waals surface area contributed by atoms with Crippen molar-refractivity contribution in [2.75, 3.05) is 32.7 Å². The van der Waals surface area contributed by atoms with E-state index in [4.69, 9.17) is 0 Å². The van der Waals surface area contributed by atoms with Gasteiger partial charge in [0.25, 0.3) is 0 Å². The number of rotatable bonds is 7. The van der Waals surface area contributed by atoms with E-state index in [0.29, 0.717) is 45.2 Å². The Morgan fingerprint density at radius 3 is 2.57 bits per heavy atom. The minimum Gasteiger partial charge on any atom is -0.361 e. The summed E-state index contributed by atoms with van der Waals surface area (Å²) in [7, 11) is 0. The van der Waals surface area contributed by atoms with Gasteiger partial charge in [-0.3, -0.25) is 19.3 Å². The highest BCUT2D eigenvalue weighted by atomic mass is 16.2. The lowest BCUT2D eigenvalue weighted by Crippen LogP contribution is -2.56. The molecule has 1 aromatic carbocycles. The zero-order chi connectivity index (χ0) is 21.1. The minimum absolute atomic E-state index is 0.0627. The largest absolute Gasteiger partial charge is 0.361 e. The van der Waals surface area contributed by atoms with Crippen LogP contribution in [0.2, 0.25) is 0 Å². The Labute approximate surface area is 176 Å². The van der Waals surface area contributed by atoms with Crippen molar-refractivity contribution in [3.05, 3.63) is 36.0 Å². The van der Waals surface area contributed by atoms with Crippen LogP contribution in [0.4, 0.5) is 0 Å². The third-order valence-electron chi connectivity index (χ3n) is 5.77. The van der Waals surface area contributed by atoms with E-state index in [0.717, 1.165) is 29.3 Å². The van der Waals surface area contributed by atoms with Gasteiger partial charge in [0.15, 0.2) is 0 Å². The maximum atomic E-state index is 13.2. The lowest BCUT2D eigenvalue weighted by Gasteiger charge is -2.36. The monoisotopic (exact) mass is 411 g/mol. The summed E-state index contributed by atoms with van der Waals surface area (Å²) >= 11 is 0. The molecule has 1 atom stereocenters. The van der Waals surface area contributed by atoms with Gasteiger partial charge in [-0.15, -0.1) is 0 Å². The van der Waals surface area contributed by atoms with Crippen LogP contribution >= 0.6 is 0 Å². The number of nitrogens with one attached hydrogen (secondary N) is 3. The number of aromatic amines is 1. The summed E-state index contributed by atoms with van der Waals surface area (Å²) in [4.78, 5) is 44.0. The number of carbonyl (C=O) groups is 3. The predicted molar refractivity (Wildman–Crippen MR) is 114 cm³/mol. The zero-order valence-electron chi connectivity index (χ0n) is 17.3. The van der Waals surface area contributed by atoms with Crippen LogP contribution in [-0.2, 0) is 20.8 Å². The Kier molecular flexibility index (Phi) is 6.03. The van der Waals surface area contributed by atoms with Crippen molar-refractivity contribution in [3.8, 4) is 0 Å². The molecule has 30 heavy (non-hydrogen) atoms. The third-order valence-corrected chi connectivity index (χ3v) is 5.77. The molecule has 1 aliphatic carbocycles. The van der Waals surface area contributed by atoms with E-state index in [9.17, 15) is 14.4 Å². The molecule has 4 rings (SSSR count). The van der Waals surface area contributed by atoms with Gasteiger partial charge < -0.3 is 20.5 Å². The maximum Gasteiger partial charge on any atom is 0.245 e. The summed E-state index contributed by atoms with van der Waals surface area (Å²) in [6, 6.07) is 7.70. The average Bonchev–Trinajstić information content (AvgIpc) is 3.45. The SMILES string of the molecule is CC(=O)NC(Cc1c[nH]c2ccccc12)C(=O)N1CCN(CC(=O)NC2CC2)CC1. The van der Waals surface area contributed by atoms with Gasteiger partial charge >= 0.3 is 0 Å². The molecule has 1 aliphatic heterocycles. The van der Waals surface area contributed by atoms with Crippen LogP contribution in [0.15, 0.2) is 30.5 Å². The summed E-state index contributed by atoms with van der Waals surface area (Å²) < 4.78 is 0.